The standard InChI is InChI=1S/C19H22N2OS/c1-4-21-18-8-6-5-7-17(18)20-19(21)23-12-11-22-16-10-9-14(2)15(3)13-16/h5-10,13H,4,11-12H2,1-3H3. The van der Waals surface area contributed by atoms with Crippen molar-refractivity contribution in [1.82, 2.24) is 9.55 Å². The van der Waals surface area contributed by atoms with Gasteiger partial charge in [0.2, 0.25) is 0 Å². The number of fused-ring (bicyclic) bond motifs is 1. The largest absolute Gasteiger partial charge is 0.493 e. The lowest BCUT2D eigenvalue weighted by Gasteiger charge is -2.09. The van der Waals surface area contributed by atoms with Gasteiger partial charge in [-0.3, -0.25) is 0 Å². The van der Waals surface area contributed by atoms with Gasteiger partial charge in [-0.1, -0.05) is 30.0 Å². The summed E-state index contributed by atoms with van der Waals surface area (Å²) in [4.78, 5) is 4.72. The van der Waals surface area contributed by atoms with Crippen LogP contribution in [0, 0.1) is 13.8 Å². The molecule has 2 aromatic carbocycles. The Kier molecular flexibility index (Phi) is 4.91. The molecule has 0 N–H and O–H groups in total. The first-order chi connectivity index (χ1) is 11.2. The molecule has 0 saturated heterocycles. The van der Waals surface area contributed by atoms with E-state index >= 15 is 0 Å². The molecule has 3 rings (SSSR count). The number of hydrogen-bond acceptors (Lipinski definition) is 3. The number of aryl methyl sites for hydroxylation is 3. The van der Waals surface area contributed by atoms with Crippen molar-refractivity contribution >= 4 is 22.8 Å². The molecule has 0 saturated carbocycles. The molecule has 120 valence electrons. The molecule has 0 spiro atoms. The highest BCUT2D eigenvalue weighted by Gasteiger charge is 2.09. The van der Waals surface area contributed by atoms with Crippen molar-refractivity contribution < 1.29 is 4.74 Å². The van der Waals surface area contributed by atoms with E-state index in [1.165, 1.54) is 16.6 Å². The van der Waals surface area contributed by atoms with E-state index in [-0.39, 0.29) is 0 Å². The highest BCUT2D eigenvalue weighted by atomic mass is 32.2. The van der Waals surface area contributed by atoms with E-state index in [9.17, 15) is 0 Å². The van der Waals surface area contributed by atoms with Crippen LogP contribution in [0.25, 0.3) is 11.0 Å². The van der Waals surface area contributed by atoms with E-state index in [4.69, 9.17) is 9.72 Å². The van der Waals surface area contributed by atoms with Crippen LogP contribution < -0.4 is 4.74 Å². The second-order valence-electron chi connectivity index (χ2n) is 5.57. The van der Waals surface area contributed by atoms with Crippen LogP contribution >= 0.6 is 11.8 Å². The quantitative estimate of drug-likeness (QED) is 0.479. The Bertz CT molecular complexity index is 810. The number of ether oxygens (including phenoxy) is 1. The van der Waals surface area contributed by atoms with E-state index in [0.717, 1.165) is 28.7 Å². The predicted octanol–water partition coefficient (Wildman–Crippen LogP) is 4.84. The molecule has 0 fully saturated rings. The topological polar surface area (TPSA) is 27.1 Å². The van der Waals surface area contributed by atoms with Gasteiger partial charge in [0.1, 0.15) is 5.75 Å². The number of aromatic nitrogens is 2. The Labute approximate surface area is 141 Å². The highest BCUT2D eigenvalue weighted by Crippen LogP contribution is 2.24. The van der Waals surface area contributed by atoms with Crippen LogP contribution in [0.2, 0.25) is 0 Å². The van der Waals surface area contributed by atoms with Gasteiger partial charge in [-0.15, -0.1) is 0 Å². The summed E-state index contributed by atoms with van der Waals surface area (Å²) in [5, 5.41) is 1.07. The van der Waals surface area contributed by atoms with E-state index in [1.54, 1.807) is 11.8 Å². The molecule has 0 bridgehead atoms. The third kappa shape index (κ3) is 3.53. The molecule has 0 atom stereocenters. The summed E-state index contributed by atoms with van der Waals surface area (Å²) in [6.07, 6.45) is 0. The Morgan fingerprint density at radius 3 is 2.70 bits per heavy atom. The molecule has 3 nitrogen and oxygen atoms in total. The minimum atomic E-state index is 0.681. The number of hydrogen-bond donors (Lipinski definition) is 0. The van der Waals surface area contributed by atoms with Crippen molar-refractivity contribution in [2.75, 3.05) is 12.4 Å². The maximum absolute atomic E-state index is 5.85. The molecule has 0 aliphatic rings. The van der Waals surface area contributed by atoms with Crippen LogP contribution in [0.1, 0.15) is 18.1 Å². The number of thioether (sulfide) groups is 1. The minimum Gasteiger partial charge on any atom is -0.493 e. The van der Waals surface area contributed by atoms with Crippen LogP contribution in [0.5, 0.6) is 5.75 Å². The lowest BCUT2D eigenvalue weighted by molar-refractivity contribution is 0.343. The van der Waals surface area contributed by atoms with Gasteiger partial charge in [-0.05, 0) is 56.2 Å². The Balaban J connectivity index is 1.61. The molecule has 23 heavy (non-hydrogen) atoms. The summed E-state index contributed by atoms with van der Waals surface area (Å²) in [6, 6.07) is 14.5. The van der Waals surface area contributed by atoms with Crippen molar-refractivity contribution in [1.29, 1.82) is 0 Å². The second kappa shape index (κ2) is 7.09. The third-order valence-corrected chi connectivity index (χ3v) is 4.94. The van der Waals surface area contributed by atoms with Gasteiger partial charge in [0.25, 0.3) is 0 Å². The van der Waals surface area contributed by atoms with Crippen LogP contribution in [-0.2, 0) is 6.54 Å². The Hall–Kier alpha value is -1.94. The fourth-order valence-corrected chi connectivity index (χ4v) is 3.46. The lowest BCUT2D eigenvalue weighted by Crippen LogP contribution is -2.03. The molecule has 0 aliphatic heterocycles. The van der Waals surface area contributed by atoms with Gasteiger partial charge in [0.15, 0.2) is 5.16 Å². The molecule has 0 radical (unpaired) electrons. The number of imidazole rings is 1. The predicted molar refractivity (Wildman–Crippen MR) is 97.5 cm³/mol. The summed E-state index contributed by atoms with van der Waals surface area (Å²) in [5.41, 5.74) is 4.82. The Morgan fingerprint density at radius 2 is 1.91 bits per heavy atom. The first-order valence-corrected chi connectivity index (χ1v) is 8.95. The van der Waals surface area contributed by atoms with Crippen molar-refractivity contribution in [2.45, 2.75) is 32.5 Å². The molecule has 3 aromatic rings. The molecular weight excluding hydrogens is 304 g/mol. The number of benzene rings is 2. The third-order valence-electron chi connectivity index (χ3n) is 4.00. The summed E-state index contributed by atoms with van der Waals surface area (Å²) >= 11 is 1.75. The van der Waals surface area contributed by atoms with Gasteiger partial charge >= 0.3 is 0 Å². The highest BCUT2D eigenvalue weighted by molar-refractivity contribution is 7.99. The van der Waals surface area contributed by atoms with Crippen LogP contribution in [0.15, 0.2) is 47.6 Å². The van der Waals surface area contributed by atoms with Gasteiger partial charge in [-0.2, -0.15) is 0 Å². The molecular formula is C19H22N2OS. The molecule has 0 amide bonds. The van der Waals surface area contributed by atoms with Gasteiger partial charge in [0.05, 0.1) is 17.6 Å². The monoisotopic (exact) mass is 326 g/mol. The van der Waals surface area contributed by atoms with Crippen LogP contribution in [0.4, 0.5) is 0 Å². The van der Waals surface area contributed by atoms with Gasteiger partial charge in [-0.25, -0.2) is 4.98 Å². The van der Waals surface area contributed by atoms with E-state index in [2.05, 4.69) is 55.7 Å². The van der Waals surface area contributed by atoms with Crippen molar-refractivity contribution in [3.63, 3.8) is 0 Å². The molecule has 4 heteroatoms. The second-order valence-corrected chi connectivity index (χ2v) is 6.63. The maximum Gasteiger partial charge on any atom is 0.169 e. The average Bonchev–Trinajstić information content (AvgIpc) is 2.92. The smallest absolute Gasteiger partial charge is 0.169 e. The first-order valence-electron chi connectivity index (χ1n) is 7.97. The summed E-state index contributed by atoms with van der Waals surface area (Å²) < 4.78 is 8.11. The zero-order valence-electron chi connectivity index (χ0n) is 13.9. The lowest BCUT2D eigenvalue weighted by atomic mass is 10.1. The van der Waals surface area contributed by atoms with Crippen molar-refractivity contribution in [3.05, 3.63) is 53.6 Å². The minimum absolute atomic E-state index is 0.681. The molecule has 1 aromatic heterocycles. The van der Waals surface area contributed by atoms with Crippen molar-refractivity contribution in [3.8, 4) is 5.75 Å². The fraction of sp³-hybridized carbons (Fsp3) is 0.316. The van der Waals surface area contributed by atoms with Crippen molar-refractivity contribution in [2.24, 2.45) is 0 Å². The van der Waals surface area contributed by atoms with E-state index in [0.29, 0.717) is 6.61 Å². The zero-order valence-corrected chi connectivity index (χ0v) is 14.7. The molecule has 0 aliphatic carbocycles. The van der Waals surface area contributed by atoms with Gasteiger partial charge < -0.3 is 9.30 Å². The SMILES string of the molecule is CCn1c(SCCOc2ccc(C)c(C)c2)nc2ccccc21. The normalized spacial score (nSPS) is 11.1. The summed E-state index contributed by atoms with van der Waals surface area (Å²) in [7, 11) is 0. The number of nitrogens with zero attached hydrogens (tertiary/aromatic N) is 2. The average molecular weight is 326 g/mol. The maximum atomic E-state index is 5.85. The van der Waals surface area contributed by atoms with E-state index in [1.807, 2.05) is 12.1 Å². The van der Waals surface area contributed by atoms with Crippen LogP contribution in [-0.4, -0.2) is 21.9 Å². The summed E-state index contributed by atoms with van der Waals surface area (Å²) in [6.45, 7) is 8.00. The summed E-state index contributed by atoms with van der Waals surface area (Å²) in [5.74, 6) is 1.83. The zero-order chi connectivity index (χ0) is 16.2. The number of para-hydroxylation sites is 2. The van der Waals surface area contributed by atoms with Gasteiger partial charge in [0, 0.05) is 12.3 Å². The molecule has 1 heterocycles. The number of rotatable bonds is 6. The van der Waals surface area contributed by atoms with E-state index < -0.39 is 0 Å². The molecule has 0 unspecified atom stereocenters. The Morgan fingerprint density at radius 1 is 1.09 bits per heavy atom. The van der Waals surface area contributed by atoms with Crippen LogP contribution in [0.3, 0.4) is 0 Å². The first kappa shape index (κ1) is 15.9. The fourth-order valence-electron chi connectivity index (χ4n) is 2.57.